The Balaban J connectivity index is 0.000000371. The van der Waals surface area contributed by atoms with E-state index in [0.29, 0.717) is 11.6 Å². The number of anilines is 2. The highest BCUT2D eigenvalue weighted by Crippen LogP contribution is 1.97. The number of rotatable bonds is 0. The van der Waals surface area contributed by atoms with Crippen LogP contribution in [0, 0.1) is 0 Å². The second-order valence-electron chi connectivity index (χ2n) is 1.37. The Bertz CT molecular complexity index is 174. The minimum Gasteiger partial charge on any atom is -0.384 e. The molecule has 0 unspecified atom stereocenters. The van der Waals surface area contributed by atoms with Gasteiger partial charge in [0.05, 0.1) is 0 Å². The van der Waals surface area contributed by atoms with Crippen LogP contribution in [-0.2, 0) is 0 Å². The Morgan fingerprint density at radius 2 is 1.60 bits per heavy atom. The number of aromatic nitrogens is 2. The van der Waals surface area contributed by atoms with Gasteiger partial charge in [-0.3, -0.25) is 0 Å². The van der Waals surface area contributed by atoms with Crippen molar-refractivity contribution < 1.29 is 0 Å². The normalized spacial score (nSPS) is 7.80. The lowest BCUT2D eigenvalue weighted by molar-refractivity contribution is 1.19. The van der Waals surface area contributed by atoms with E-state index in [1.165, 1.54) is 12.4 Å². The van der Waals surface area contributed by atoms with Crippen molar-refractivity contribution in [2.24, 2.45) is 0 Å². The van der Waals surface area contributed by atoms with Gasteiger partial charge in [-0.25, -0.2) is 9.97 Å². The molecule has 0 aliphatic rings. The number of nitrogens with two attached hydrogens (primary N) is 2. The molecule has 56 valence electrons. The molecule has 1 rings (SSSR count). The number of hydrogen-bond acceptors (Lipinski definition) is 4. The molecular formula is C5H9BrN4. The van der Waals surface area contributed by atoms with Crippen molar-refractivity contribution >= 4 is 27.6 Å². The third-order valence-electron chi connectivity index (χ3n) is 0.709. The molecule has 0 saturated carbocycles. The zero-order valence-electron chi connectivity index (χ0n) is 5.58. The average Bonchev–Trinajstić information content (AvgIpc) is 1.91. The van der Waals surface area contributed by atoms with Crippen LogP contribution in [-0.4, -0.2) is 15.8 Å². The van der Waals surface area contributed by atoms with Crippen LogP contribution in [0.4, 0.5) is 11.6 Å². The van der Waals surface area contributed by atoms with E-state index in [-0.39, 0.29) is 0 Å². The summed E-state index contributed by atoms with van der Waals surface area (Å²) < 4.78 is 0. The summed E-state index contributed by atoms with van der Waals surface area (Å²) in [6.45, 7) is 0. The van der Waals surface area contributed by atoms with Gasteiger partial charge in [-0.05, 0) is 5.83 Å². The van der Waals surface area contributed by atoms with E-state index >= 15 is 0 Å². The maximum absolute atomic E-state index is 5.23. The molecule has 0 saturated heterocycles. The van der Waals surface area contributed by atoms with Gasteiger partial charge in [-0.1, -0.05) is 15.9 Å². The van der Waals surface area contributed by atoms with E-state index in [4.69, 9.17) is 11.5 Å². The lowest BCUT2D eigenvalue weighted by Gasteiger charge is -1.89. The van der Waals surface area contributed by atoms with Gasteiger partial charge in [0.2, 0.25) is 0 Å². The standard InChI is InChI=1S/C4H6N4.CH3Br/c5-3-1-4(6)8-2-7-3;1-2/h1-2H,(H4,5,6,7,8);1H3. The highest BCUT2D eigenvalue weighted by molar-refractivity contribution is 9.08. The molecule has 0 aliphatic carbocycles. The fourth-order valence-electron chi connectivity index (χ4n) is 0.388. The van der Waals surface area contributed by atoms with Gasteiger partial charge in [0.15, 0.2) is 0 Å². The highest BCUT2D eigenvalue weighted by Gasteiger charge is 1.84. The van der Waals surface area contributed by atoms with Crippen molar-refractivity contribution in [2.75, 3.05) is 17.3 Å². The molecule has 10 heavy (non-hydrogen) atoms. The number of hydrogen-bond donors (Lipinski definition) is 2. The molecule has 0 aromatic carbocycles. The molecule has 5 heteroatoms. The lowest BCUT2D eigenvalue weighted by Crippen LogP contribution is -1.94. The quantitative estimate of drug-likeness (QED) is 0.609. The van der Waals surface area contributed by atoms with Crippen LogP contribution >= 0.6 is 15.9 Å². The van der Waals surface area contributed by atoms with Crippen molar-refractivity contribution in [2.45, 2.75) is 0 Å². The van der Waals surface area contributed by atoms with Crippen molar-refractivity contribution in [3.8, 4) is 0 Å². The summed E-state index contributed by atoms with van der Waals surface area (Å²) in [6, 6.07) is 1.50. The van der Waals surface area contributed by atoms with Crippen LogP contribution < -0.4 is 11.5 Å². The molecule has 0 radical (unpaired) electrons. The highest BCUT2D eigenvalue weighted by atomic mass is 79.9. The fraction of sp³-hybridized carbons (Fsp3) is 0.200. The molecule has 0 atom stereocenters. The van der Waals surface area contributed by atoms with Gasteiger partial charge >= 0.3 is 0 Å². The molecule has 0 aliphatic heterocycles. The Hall–Kier alpha value is -0.840. The third-order valence-corrected chi connectivity index (χ3v) is 0.709. The maximum atomic E-state index is 5.23. The zero-order chi connectivity index (χ0) is 7.98. The van der Waals surface area contributed by atoms with Gasteiger partial charge in [0, 0.05) is 6.07 Å². The Labute approximate surface area is 67.8 Å². The van der Waals surface area contributed by atoms with Crippen LogP contribution in [0.1, 0.15) is 0 Å². The third kappa shape index (κ3) is 3.24. The number of nitrogens with zero attached hydrogens (tertiary/aromatic N) is 2. The molecule has 0 amide bonds. The second-order valence-corrected chi connectivity index (χ2v) is 1.37. The van der Waals surface area contributed by atoms with Gasteiger partial charge in [-0.2, -0.15) is 0 Å². The molecule has 0 fully saturated rings. The minimum atomic E-state index is 0.400. The van der Waals surface area contributed by atoms with Crippen molar-refractivity contribution in [1.29, 1.82) is 0 Å². The molecule has 1 aromatic heterocycles. The largest absolute Gasteiger partial charge is 0.384 e. The minimum absolute atomic E-state index is 0.400. The van der Waals surface area contributed by atoms with Gasteiger partial charge in [0.1, 0.15) is 18.0 Å². The van der Waals surface area contributed by atoms with Crippen LogP contribution in [0.3, 0.4) is 0 Å². The molecule has 4 nitrogen and oxygen atoms in total. The summed E-state index contributed by atoms with van der Waals surface area (Å²) >= 11 is 2.94. The number of nitrogen functional groups attached to an aromatic ring is 2. The summed E-state index contributed by atoms with van der Waals surface area (Å²) in [5.74, 6) is 2.61. The van der Waals surface area contributed by atoms with E-state index in [0.717, 1.165) is 0 Å². The molecule has 0 bridgehead atoms. The predicted molar refractivity (Wildman–Crippen MR) is 45.7 cm³/mol. The van der Waals surface area contributed by atoms with Crippen LogP contribution in [0.15, 0.2) is 12.4 Å². The predicted octanol–water partition coefficient (Wildman–Crippen LogP) is 0.652. The summed E-state index contributed by atoms with van der Waals surface area (Å²) in [6.07, 6.45) is 1.32. The van der Waals surface area contributed by atoms with Crippen molar-refractivity contribution in [3.63, 3.8) is 0 Å². The second kappa shape index (κ2) is 4.99. The van der Waals surface area contributed by atoms with E-state index in [1.807, 2.05) is 5.83 Å². The van der Waals surface area contributed by atoms with E-state index in [9.17, 15) is 0 Å². The van der Waals surface area contributed by atoms with E-state index in [2.05, 4.69) is 25.9 Å². The molecule has 4 N–H and O–H groups in total. The van der Waals surface area contributed by atoms with Crippen LogP contribution in [0.5, 0.6) is 0 Å². The van der Waals surface area contributed by atoms with Crippen LogP contribution in [0.2, 0.25) is 0 Å². The first-order valence-corrected chi connectivity index (χ1v) is 4.08. The molecular weight excluding hydrogens is 196 g/mol. The summed E-state index contributed by atoms with van der Waals surface area (Å²) in [5.41, 5.74) is 10.5. The summed E-state index contributed by atoms with van der Waals surface area (Å²) in [4.78, 5) is 7.25. The first-order chi connectivity index (χ1) is 4.79. The van der Waals surface area contributed by atoms with Crippen molar-refractivity contribution in [3.05, 3.63) is 12.4 Å². The van der Waals surface area contributed by atoms with Gasteiger partial charge in [-0.15, -0.1) is 0 Å². The SMILES string of the molecule is CBr.Nc1cc(N)ncn1. The van der Waals surface area contributed by atoms with E-state index < -0.39 is 0 Å². The maximum Gasteiger partial charge on any atom is 0.128 e. The van der Waals surface area contributed by atoms with Crippen LogP contribution in [0.25, 0.3) is 0 Å². The number of halogens is 1. The lowest BCUT2D eigenvalue weighted by atomic mass is 10.5. The average molecular weight is 205 g/mol. The Kier molecular flexibility index (Phi) is 4.57. The van der Waals surface area contributed by atoms with E-state index in [1.54, 1.807) is 0 Å². The van der Waals surface area contributed by atoms with Crippen molar-refractivity contribution in [1.82, 2.24) is 9.97 Å². The summed E-state index contributed by atoms with van der Waals surface area (Å²) in [5, 5.41) is 0. The zero-order valence-corrected chi connectivity index (χ0v) is 7.17. The smallest absolute Gasteiger partial charge is 0.128 e. The summed E-state index contributed by atoms with van der Waals surface area (Å²) in [7, 11) is 0. The first kappa shape index (κ1) is 9.16. The number of alkyl halides is 1. The monoisotopic (exact) mass is 204 g/mol. The van der Waals surface area contributed by atoms with Gasteiger partial charge in [0.25, 0.3) is 0 Å². The topological polar surface area (TPSA) is 77.8 Å². The van der Waals surface area contributed by atoms with Gasteiger partial charge < -0.3 is 11.5 Å². The fourth-order valence-corrected chi connectivity index (χ4v) is 0.388. The Morgan fingerprint density at radius 1 is 1.20 bits per heavy atom. The first-order valence-electron chi connectivity index (χ1n) is 2.50. The molecule has 1 heterocycles. The molecule has 0 spiro atoms. The molecule has 1 aromatic rings. The Morgan fingerprint density at radius 3 is 1.80 bits per heavy atom.